The van der Waals surface area contributed by atoms with Crippen LogP contribution in [0.15, 0.2) is 76.4 Å². The van der Waals surface area contributed by atoms with Crippen molar-refractivity contribution in [3.05, 3.63) is 72.7 Å². The van der Waals surface area contributed by atoms with Crippen molar-refractivity contribution in [1.82, 2.24) is 4.72 Å². The third-order valence-corrected chi connectivity index (χ3v) is 5.15. The Hall–Kier alpha value is -2.57. The average Bonchev–Trinajstić information content (AvgIpc) is 3.16. The summed E-state index contributed by atoms with van der Waals surface area (Å²) in [6.07, 6.45) is 3.29. The lowest BCUT2D eigenvalue weighted by Gasteiger charge is -2.12. The minimum atomic E-state index is -3.65. The van der Waals surface area contributed by atoms with Crippen LogP contribution in [-0.2, 0) is 16.6 Å². The van der Waals surface area contributed by atoms with Gasteiger partial charge in [-0.3, -0.25) is 0 Å². The largest absolute Gasteiger partial charge is 0.492 e. The van der Waals surface area contributed by atoms with Gasteiger partial charge in [-0.25, -0.2) is 13.1 Å². The third kappa shape index (κ3) is 4.10. The minimum absolute atomic E-state index is 0.145. The number of rotatable bonds is 7. The Labute approximate surface area is 147 Å². The number of sulfonamides is 1. The van der Waals surface area contributed by atoms with Crippen molar-refractivity contribution in [2.45, 2.75) is 18.4 Å². The van der Waals surface area contributed by atoms with Crippen molar-refractivity contribution in [3.63, 3.8) is 0 Å². The molecule has 0 saturated carbocycles. The van der Waals surface area contributed by atoms with Gasteiger partial charge < -0.3 is 9.15 Å². The lowest BCUT2D eigenvalue weighted by molar-refractivity contribution is 0.331. The molecule has 130 valence electrons. The van der Waals surface area contributed by atoms with Crippen molar-refractivity contribution in [1.29, 1.82) is 0 Å². The van der Waals surface area contributed by atoms with Crippen LogP contribution in [0.25, 0.3) is 11.1 Å². The quantitative estimate of drug-likeness (QED) is 0.698. The fraction of sp³-hybridized carbons (Fsp3) is 0.158. The molecule has 25 heavy (non-hydrogen) atoms. The molecule has 0 aliphatic rings. The first-order valence-corrected chi connectivity index (χ1v) is 9.41. The maximum absolute atomic E-state index is 12.6. The van der Waals surface area contributed by atoms with Crippen LogP contribution in [0.3, 0.4) is 0 Å². The molecule has 0 aliphatic heterocycles. The van der Waals surface area contributed by atoms with E-state index in [4.69, 9.17) is 9.15 Å². The fourth-order valence-electron chi connectivity index (χ4n) is 2.45. The number of furan rings is 1. The van der Waals surface area contributed by atoms with Crippen LogP contribution in [0.5, 0.6) is 5.75 Å². The maximum atomic E-state index is 12.6. The van der Waals surface area contributed by atoms with E-state index in [1.54, 1.807) is 30.7 Å². The smallest absolute Gasteiger partial charge is 0.244 e. The van der Waals surface area contributed by atoms with Crippen molar-refractivity contribution in [3.8, 4) is 16.9 Å². The van der Waals surface area contributed by atoms with E-state index in [0.717, 1.165) is 16.7 Å². The molecule has 0 spiro atoms. The number of ether oxygens (including phenoxy) is 1. The maximum Gasteiger partial charge on any atom is 0.244 e. The average molecular weight is 357 g/mol. The van der Waals surface area contributed by atoms with Gasteiger partial charge >= 0.3 is 0 Å². The van der Waals surface area contributed by atoms with Crippen LogP contribution in [0, 0.1) is 0 Å². The normalized spacial score (nSPS) is 11.4. The molecule has 5 nitrogen and oxygen atoms in total. The zero-order valence-electron chi connectivity index (χ0n) is 13.8. The zero-order valence-corrected chi connectivity index (χ0v) is 14.6. The molecule has 1 N–H and O–H groups in total. The molecule has 0 aliphatic carbocycles. The van der Waals surface area contributed by atoms with Gasteiger partial charge in [-0.05, 0) is 36.2 Å². The van der Waals surface area contributed by atoms with Gasteiger partial charge in [0.15, 0.2) is 0 Å². The predicted octanol–water partition coefficient (Wildman–Crippen LogP) is 3.82. The first-order valence-electron chi connectivity index (χ1n) is 7.93. The van der Waals surface area contributed by atoms with E-state index in [9.17, 15) is 8.42 Å². The zero-order chi connectivity index (χ0) is 17.7. The topological polar surface area (TPSA) is 68.5 Å². The summed E-state index contributed by atoms with van der Waals surface area (Å²) < 4.78 is 38.2. The van der Waals surface area contributed by atoms with E-state index in [1.165, 1.54) is 6.07 Å². The molecule has 0 bridgehead atoms. The highest BCUT2D eigenvalue weighted by Gasteiger charge is 2.18. The monoisotopic (exact) mass is 357 g/mol. The Bertz CT molecular complexity index is 916. The highest BCUT2D eigenvalue weighted by atomic mass is 32.2. The second-order valence-electron chi connectivity index (χ2n) is 5.41. The molecular weight excluding hydrogens is 338 g/mol. The second kappa shape index (κ2) is 7.55. The van der Waals surface area contributed by atoms with Gasteiger partial charge in [-0.15, -0.1) is 0 Å². The summed E-state index contributed by atoms with van der Waals surface area (Å²) in [6.45, 7) is 2.43. The summed E-state index contributed by atoms with van der Waals surface area (Å²) in [5, 5.41) is 0. The van der Waals surface area contributed by atoms with Gasteiger partial charge in [0.25, 0.3) is 0 Å². The van der Waals surface area contributed by atoms with E-state index >= 15 is 0 Å². The summed E-state index contributed by atoms with van der Waals surface area (Å²) in [5.74, 6) is 0.354. The van der Waals surface area contributed by atoms with Gasteiger partial charge in [0.2, 0.25) is 10.0 Å². The molecule has 3 aromatic rings. The first-order chi connectivity index (χ1) is 12.1. The summed E-state index contributed by atoms with van der Waals surface area (Å²) in [7, 11) is -3.65. The molecule has 0 atom stereocenters. The lowest BCUT2D eigenvalue weighted by Crippen LogP contribution is -2.23. The van der Waals surface area contributed by atoms with Crippen LogP contribution in [-0.4, -0.2) is 15.0 Å². The summed E-state index contributed by atoms with van der Waals surface area (Å²) in [5.41, 5.74) is 2.87. The molecule has 0 amide bonds. The highest BCUT2D eigenvalue weighted by Crippen LogP contribution is 2.24. The van der Waals surface area contributed by atoms with Crippen LogP contribution in [0.4, 0.5) is 0 Å². The SMILES string of the molecule is CCOc1ccccc1S(=O)(=O)NCc1ccc(-c2ccoc2)cc1. The Morgan fingerprint density at radius 3 is 2.44 bits per heavy atom. The standard InChI is InChI=1S/C19H19NO4S/c1-2-24-18-5-3-4-6-19(18)25(21,22)20-13-15-7-9-16(10-8-15)17-11-12-23-14-17/h3-12,14,20H,2,13H2,1H3. The fourth-order valence-corrected chi connectivity index (χ4v) is 3.61. The third-order valence-electron chi connectivity index (χ3n) is 3.71. The van der Waals surface area contributed by atoms with Gasteiger partial charge in [0.05, 0.1) is 19.1 Å². The molecular formula is C19H19NO4S. The Morgan fingerprint density at radius 1 is 1.00 bits per heavy atom. The van der Waals surface area contributed by atoms with E-state index in [0.29, 0.717) is 12.4 Å². The number of para-hydroxylation sites is 1. The van der Waals surface area contributed by atoms with Crippen LogP contribution < -0.4 is 9.46 Å². The molecule has 0 radical (unpaired) electrons. The van der Waals surface area contributed by atoms with Crippen LogP contribution >= 0.6 is 0 Å². The van der Waals surface area contributed by atoms with E-state index in [1.807, 2.05) is 37.3 Å². The molecule has 1 heterocycles. The van der Waals surface area contributed by atoms with Gasteiger partial charge in [0.1, 0.15) is 10.6 Å². The minimum Gasteiger partial charge on any atom is -0.492 e. The molecule has 6 heteroatoms. The van der Waals surface area contributed by atoms with E-state index < -0.39 is 10.0 Å². The van der Waals surface area contributed by atoms with Gasteiger partial charge in [0, 0.05) is 12.1 Å². The Kier molecular flexibility index (Phi) is 5.21. The predicted molar refractivity (Wildman–Crippen MR) is 95.8 cm³/mol. The van der Waals surface area contributed by atoms with E-state index in [-0.39, 0.29) is 11.4 Å². The number of hydrogen-bond acceptors (Lipinski definition) is 4. The van der Waals surface area contributed by atoms with Gasteiger partial charge in [-0.2, -0.15) is 0 Å². The number of benzene rings is 2. The summed E-state index contributed by atoms with van der Waals surface area (Å²) >= 11 is 0. The Balaban J connectivity index is 1.72. The van der Waals surface area contributed by atoms with E-state index in [2.05, 4.69) is 4.72 Å². The van der Waals surface area contributed by atoms with Crippen molar-refractivity contribution < 1.29 is 17.6 Å². The molecule has 1 aromatic heterocycles. The molecule has 0 fully saturated rings. The highest BCUT2D eigenvalue weighted by molar-refractivity contribution is 7.89. The van der Waals surface area contributed by atoms with Crippen molar-refractivity contribution >= 4 is 10.0 Å². The second-order valence-corrected chi connectivity index (χ2v) is 7.15. The van der Waals surface area contributed by atoms with Crippen molar-refractivity contribution in [2.75, 3.05) is 6.61 Å². The van der Waals surface area contributed by atoms with Gasteiger partial charge in [-0.1, -0.05) is 36.4 Å². The first kappa shape index (κ1) is 17.3. The van der Waals surface area contributed by atoms with Crippen molar-refractivity contribution in [2.24, 2.45) is 0 Å². The lowest BCUT2D eigenvalue weighted by atomic mass is 10.1. The number of hydrogen-bond donors (Lipinski definition) is 1. The molecule has 3 rings (SSSR count). The summed E-state index contributed by atoms with van der Waals surface area (Å²) in [6, 6.07) is 16.1. The number of nitrogens with one attached hydrogen (secondary N) is 1. The van der Waals surface area contributed by atoms with Crippen LogP contribution in [0.1, 0.15) is 12.5 Å². The summed E-state index contributed by atoms with van der Waals surface area (Å²) in [4.78, 5) is 0.145. The Morgan fingerprint density at radius 2 is 1.76 bits per heavy atom. The van der Waals surface area contributed by atoms with Crippen LogP contribution in [0.2, 0.25) is 0 Å². The molecule has 2 aromatic carbocycles. The molecule has 0 unspecified atom stereocenters. The molecule has 0 saturated heterocycles.